The molecule has 68 valence electrons. The summed E-state index contributed by atoms with van der Waals surface area (Å²) in [6.07, 6.45) is 6.54. The number of hydrogen-bond donors (Lipinski definition) is 1. The Labute approximate surface area is 75.6 Å². The van der Waals surface area contributed by atoms with E-state index in [1.165, 1.54) is 6.33 Å². The van der Waals surface area contributed by atoms with Gasteiger partial charge in [0.05, 0.1) is 5.92 Å². The van der Waals surface area contributed by atoms with Crippen LogP contribution in [0.1, 0.15) is 12.0 Å². The minimum atomic E-state index is -0.679. The van der Waals surface area contributed by atoms with Crippen LogP contribution in [0.5, 0.6) is 0 Å². The summed E-state index contributed by atoms with van der Waals surface area (Å²) in [4.78, 5) is 18.3. The van der Waals surface area contributed by atoms with Crippen molar-refractivity contribution in [1.82, 2.24) is 9.97 Å². The summed E-state index contributed by atoms with van der Waals surface area (Å²) >= 11 is 0. The molecule has 1 aliphatic carbocycles. The maximum Gasteiger partial charge on any atom is 0.306 e. The molecule has 4 heteroatoms. The van der Waals surface area contributed by atoms with Crippen molar-refractivity contribution in [3.8, 4) is 0 Å². The van der Waals surface area contributed by atoms with E-state index in [1.54, 1.807) is 12.4 Å². The molecule has 0 spiro atoms. The maximum atomic E-state index is 10.5. The van der Waals surface area contributed by atoms with E-state index in [0.29, 0.717) is 5.92 Å². The van der Waals surface area contributed by atoms with E-state index in [1.807, 2.05) is 0 Å². The summed E-state index contributed by atoms with van der Waals surface area (Å²) in [6, 6.07) is 0. The number of rotatable bonds is 3. The number of aliphatic carboxylic acids is 1. The molecule has 1 fully saturated rings. The molecule has 2 rings (SSSR count). The van der Waals surface area contributed by atoms with Gasteiger partial charge in [0, 0.05) is 12.4 Å². The number of carboxylic acid groups (broad SMARTS) is 1. The van der Waals surface area contributed by atoms with E-state index in [2.05, 4.69) is 9.97 Å². The predicted octanol–water partition coefficient (Wildman–Crippen LogP) is 0.740. The van der Waals surface area contributed by atoms with Gasteiger partial charge in [-0.15, -0.1) is 0 Å². The molecular formula is C9H10N2O2. The Bertz CT molecular complexity index is 313. The van der Waals surface area contributed by atoms with Crippen molar-refractivity contribution in [2.24, 2.45) is 11.8 Å². The van der Waals surface area contributed by atoms with E-state index >= 15 is 0 Å². The van der Waals surface area contributed by atoms with Crippen molar-refractivity contribution < 1.29 is 9.90 Å². The maximum absolute atomic E-state index is 10.5. The van der Waals surface area contributed by atoms with Crippen LogP contribution in [0.3, 0.4) is 0 Å². The molecule has 2 unspecified atom stereocenters. The standard InChI is InChI=1S/C9H10N2O2/c12-9(13)8-2-7(8)1-6-3-10-5-11-4-6/h3-5,7-8H,1-2H2,(H,12,13). The minimum absolute atomic E-state index is 0.139. The Morgan fingerprint density at radius 2 is 2.23 bits per heavy atom. The largest absolute Gasteiger partial charge is 0.481 e. The van der Waals surface area contributed by atoms with E-state index in [4.69, 9.17) is 5.11 Å². The molecule has 1 heterocycles. The third-order valence-corrected chi connectivity index (χ3v) is 2.35. The fourth-order valence-electron chi connectivity index (χ4n) is 1.51. The van der Waals surface area contributed by atoms with Gasteiger partial charge in [-0.1, -0.05) is 0 Å². The Balaban J connectivity index is 1.92. The van der Waals surface area contributed by atoms with Crippen LogP contribution in [0, 0.1) is 11.8 Å². The molecule has 0 aliphatic heterocycles. The van der Waals surface area contributed by atoms with Gasteiger partial charge >= 0.3 is 5.97 Å². The van der Waals surface area contributed by atoms with Crippen molar-refractivity contribution >= 4 is 5.97 Å². The molecule has 1 saturated carbocycles. The van der Waals surface area contributed by atoms with Gasteiger partial charge in [-0.25, -0.2) is 9.97 Å². The van der Waals surface area contributed by atoms with Crippen molar-refractivity contribution in [3.05, 3.63) is 24.3 Å². The molecule has 0 saturated heterocycles. The van der Waals surface area contributed by atoms with Crippen molar-refractivity contribution in [2.75, 3.05) is 0 Å². The lowest BCUT2D eigenvalue weighted by Gasteiger charge is -1.96. The first-order chi connectivity index (χ1) is 6.27. The Kier molecular flexibility index (Phi) is 1.96. The molecule has 1 aromatic rings. The first-order valence-electron chi connectivity index (χ1n) is 4.24. The van der Waals surface area contributed by atoms with Gasteiger partial charge in [-0.05, 0) is 24.3 Å². The zero-order valence-electron chi connectivity index (χ0n) is 7.05. The molecule has 4 nitrogen and oxygen atoms in total. The average molecular weight is 178 g/mol. The first-order valence-corrected chi connectivity index (χ1v) is 4.24. The van der Waals surface area contributed by atoms with E-state index < -0.39 is 5.97 Å². The average Bonchev–Trinajstić information content (AvgIpc) is 2.86. The molecule has 1 N–H and O–H groups in total. The zero-order chi connectivity index (χ0) is 9.26. The summed E-state index contributed by atoms with van der Waals surface area (Å²) in [6.45, 7) is 0. The SMILES string of the molecule is O=C(O)C1CC1Cc1cncnc1. The van der Waals surface area contributed by atoms with Gasteiger partial charge in [-0.3, -0.25) is 4.79 Å². The van der Waals surface area contributed by atoms with Crippen LogP contribution in [0.4, 0.5) is 0 Å². The highest BCUT2D eigenvalue weighted by molar-refractivity contribution is 5.73. The highest BCUT2D eigenvalue weighted by Gasteiger charge is 2.42. The molecule has 2 atom stereocenters. The van der Waals surface area contributed by atoms with Crippen LogP contribution >= 0.6 is 0 Å². The number of nitrogens with zero attached hydrogens (tertiary/aromatic N) is 2. The smallest absolute Gasteiger partial charge is 0.306 e. The third kappa shape index (κ3) is 1.83. The second-order valence-electron chi connectivity index (χ2n) is 3.39. The number of carbonyl (C=O) groups is 1. The second kappa shape index (κ2) is 3.12. The fraction of sp³-hybridized carbons (Fsp3) is 0.444. The van der Waals surface area contributed by atoms with Gasteiger partial charge in [0.15, 0.2) is 0 Å². The lowest BCUT2D eigenvalue weighted by atomic mass is 10.1. The fourth-order valence-corrected chi connectivity index (χ4v) is 1.51. The lowest BCUT2D eigenvalue weighted by molar-refractivity contribution is -0.138. The molecule has 0 aromatic carbocycles. The van der Waals surface area contributed by atoms with Crippen LogP contribution < -0.4 is 0 Å². The topological polar surface area (TPSA) is 63.1 Å². The normalized spacial score (nSPS) is 25.5. The quantitative estimate of drug-likeness (QED) is 0.741. The van der Waals surface area contributed by atoms with Crippen LogP contribution in [0.25, 0.3) is 0 Å². The zero-order valence-corrected chi connectivity index (χ0v) is 7.05. The van der Waals surface area contributed by atoms with Crippen molar-refractivity contribution in [2.45, 2.75) is 12.8 Å². The summed E-state index contributed by atoms with van der Waals surface area (Å²) in [5.74, 6) is -0.523. The van der Waals surface area contributed by atoms with Gasteiger partial charge in [0.2, 0.25) is 0 Å². The number of hydrogen-bond acceptors (Lipinski definition) is 3. The minimum Gasteiger partial charge on any atom is -0.481 e. The molecule has 0 amide bonds. The van der Waals surface area contributed by atoms with Gasteiger partial charge in [0.25, 0.3) is 0 Å². The monoisotopic (exact) mass is 178 g/mol. The van der Waals surface area contributed by atoms with Crippen LogP contribution in [0.15, 0.2) is 18.7 Å². The van der Waals surface area contributed by atoms with Gasteiger partial charge < -0.3 is 5.11 Å². The molecule has 1 aromatic heterocycles. The van der Waals surface area contributed by atoms with E-state index in [9.17, 15) is 4.79 Å². The summed E-state index contributed by atoms with van der Waals surface area (Å²) in [5.41, 5.74) is 1.02. The first kappa shape index (κ1) is 8.16. The number of carboxylic acids is 1. The number of aromatic nitrogens is 2. The Morgan fingerprint density at radius 1 is 1.54 bits per heavy atom. The van der Waals surface area contributed by atoms with E-state index in [0.717, 1.165) is 18.4 Å². The predicted molar refractivity (Wildman–Crippen MR) is 45.0 cm³/mol. The highest BCUT2D eigenvalue weighted by atomic mass is 16.4. The van der Waals surface area contributed by atoms with E-state index in [-0.39, 0.29) is 5.92 Å². The van der Waals surface area contributed by atoms with Gasteiger partial charge in [0.1, 0.15) is 6.33 Å². The second-order valence-corrected chi connectivity index (χ2v) is 3.39. The van der Waals surface area contributed by atoms with Gasteiger partial charge in [-0.2, -0.15) is 0 Å². The molecule has 1 aliphatic rings. The van der Waals surface area contributed by atoms with Crippen LogP contribution in [-0.2, 0) is 11.2 Å². The van der Waals surface area contributed by atoms with Crippen LogP contribution in [-0.4, -0.2) is 21.0 Å². The Hall–Kier alpha value is -1.45. The molecule has 0 bridgehead atoms. The van der Waals surface area contributed by atoms with Crippen molar-refractivity contribution in [3.63, 3.8) is 0 Å². The molecule has 13 heavy (non-hydrogen) atoms. The summed E-state index contributed by atoms with van der Waals surface area (Å²) < 4.78 is 0. The molecule has 0 radical (unpaired) electrons. The summed E-state index contributed by atoms with van der Waals surface area (Å²) in [5, 5.41) is 8.67. The highest BCUT2D eigenvalue weighted by Crippen LogP contribution is 2.40. The van der Waals surface area contributed by atoms with Crippen LogP contribution in [0.2, 0.25) is 0 Å². The lowest BCUT2D eigenvalue weighted by Crippen LogP contribution is -2.01. The molecular weight excluding hydrogens is 168 g/mol. The van der Waals surface area contributed by atoms with Crippen molar-refractivity contribution in [1.29, 1.82) is 0 Å². The third-order valence-electron chi connectivity index (χ3n) is 2.35. The summed E-state index contributed by atoms with van der Waals surface area (Å²) in [7, 11) is 0. The Morgan fingerprint density at radius 3 is 2.77 bits per heavy atom.